The van der Waals surface area contributed by atoms with Crippen LogP contribution in [0.15, 0.2) is 47.9 Å². The molecule has 0 bridgehead atoms. The van der Waals surface area contributed by atoms with Gasteiger partial charge in [-0.05, 0) is 47.6 Å². The standard InChI is InChI=1S/C20H23N3O3S/c24-17-5-3-15(4-6-17)16-8-11-23(12-9-16)14-19(25)22-20(26)21-10-7-18-2-1-13-27-18/h1-6,8,13,24H,7,9-12,14H2,(H2,21,22,25,26). The van der Waals surface area contributed by atoms with Crippen LogP contribution >= 0.6 is 11.3 Å². The summed E-state index contributed by atoms with van der Waals surface area (Å²) in [6.45, 7) is 2.10. The Bertz CT molecular complexity index is 800. The van der Waals surface area contributed by atoms with Crippen LogP contribution in [0.5, 0.6) is 5.75 Å². The van der Waals surface area contributed by atoms with Crippen molar-refractivity contribution in [3.63, 3.8) is 0 Å². The number of urea groups is 1. The molecule has 1 aliphatic heterocycles. The van der Waals surface area contributed by atoms with Crippen LogP contribution in [0, 0.1) is 0 Å². The Kier molecular flexibility index (Phi) is 6.62. The van der Waals surface area contributed by atoms with Gasteiger partial charge in [0, 0.05) is 24.5 Å². The number of phenols is 1. The van der Waals surface area contributed by atoms with E-state index in [-0.39, 0.29) is 18.2 Å². The molecule has 3 amide bonds. The molecule has 0 radical (unpaired) electrons. The van der Waals surface area contributed by atoms with Gasteiger partial charge in [-0.15, -0.1) is 11.3 Å². The zero-order chi connectivity index (χ0) is 19.1. The number of nitrogens with zero attached hydrogens (tertiary/aromatic N) is 1. The maximum Gasteiger partial charge on any atom is 0.321 e. The molecule has 6 nitrogen and oxygen atoms in total. The Morgan fingerprint density at radius 2 is 2.00 bits per heavy atom. The van der Waals surface area contributed by atoms with Crippen molar-refractivity contribution in [2.75, 3.05) is 26.2 Å². The molecule has 1 aromatic heterocycles. The minimum atomic E-state index is -0.450. The molecule has 27 heavy (non-hydrogen) atoms. The monoisotopic (exact) mass is 385 g/mol. The molecule has 142 valence electrons. The number of hydrogen-bond acceptors (Lipinski definition) is 5. The number of amides is 3. The molecule has 0 unspecified atom stereocenters. The van der Waals surface area contributed by atoms with Crippen molar-refractivity contribution >= 4 is 28.8 Å². The van der Waals surface area contributed by atoms with Crippen molar-refractivity contribution in [2.45, 2.75) is 12.8 Å². The van der Waals surface area contributed by atoms with Crippen LogP contribution in [0.4, 0.5) is 4.79 Å². The average Bonchev–Trinajstić information content (AvgIpc) is 3.16. The summed E-state index contributed by atoms with van der Waals surface area (Å²) in [6.07, 6.45) is 3.67. The van der Waals surface area contributed by atoms with Gasteiger partial charge in [0.1, 0.15) is 5.75 Å². The van der Waals surface area contributed by atoms with Crippen molar-refractivity contribution in [2.24, 2.45) is 0 Å². The number of imide groups is 1. The van der Waals surface area contributed by atoms with Gasteiger partial charge in [0.05, 0.1) is 6.54 Å². The van der Waals surface area contributed by atoms with Gasteiger partial charge < -0.3 is 10.4 Å². The summed E-state index contributed by atoms with van der Waals surface area (Å²) in [5, 5.41) is 16.5. The van der Waals surface area contributed by atoms with Crippen molar-refractivity contribution < 1.29 is 14.7 Å². The molecule has 0 atom stereocenters. The van der Waals surface area contributed by atoms with Gasteiger partial charge in [-0.1, -0.05) is 24.3 Å². The van der Waals surface area contributed by atoms with Crippen LogP contribution in [0.3, 0.4) is 0 Å². The van der Waals surface area contributed by atoms with Gasteiger partial charge in [-0.2, -0.15) is 0 Å². The van der Waals surface area contributed by atoms with E-state index in [0.717, 1.165) is 24.9 Å². The summed E-state index contributed by atoms with van der Waals surface area (Å²) in [7, 11) is 0. The van der Waals surface area contributed by atoms with Crippen molar-refractivity contribution in [1.82, 2.24) is 15.5 Å². The van der Waals surface area contributed by atoms with Gasteiger partial charge in [-0.25, -0.2) is 4.79 Å². The first-order chi connectivity index (χ1) is 13.1. The predicted octanol–water partition coefficient (Wildman–Crippen LogP) is 2.61. The fraction of sp³-hybridized carbons (Fsp3) is 0.300. The van der Waals surface area contributed by atoms with E-state index >= 15 is 0 Å². The quantitative estimate of drug-likeness (QED) is 0.714. The summed E-state index contributed by atoms with van der Waals surface area (Å²) >= 11 is 1.65. The van der Waals surface area contributed by atoms with Crippen LogP contribution in [-0.4, -0.2) is 48.1 Å². The summed E-state index contributed by atoms with van der Waals surface area (Å²) < 4.78 is 0. The number of carbonyl (C=O) groups excluding carboxylic acids is 2. The van der Waals surface area contributed by atoms with E-state index in [2.05, 4.69) is 16.7 Å². The first kappa shape index (κ1) is 19.1. The Morgan fingerprint density at radius 3 is 2.67 bits per heavy atom. The zero-order valence-electron chi connectivity index (χ0n) is 15.0. The van der Waals surface area contributed by atoms with E-state index in [0.29, 0.717) is 13.1 Å². The molecule has 0 fully saturated rings. The fourth-order valence-electron chi connectivity index (χ4n) is 2.96. The lowest BCUT2D eigenvalue weighted by Crippen LogP contribution is -2.45. The third-order valence-electron chi connectivity index (χ3n) is 4.39. The second kappa shape index (κ2) is 9.34. The van der Waals surface area contributed by atoms with Crippen molar-refractivity contribution in [1.29, 1.82) is 0 Å². The van der Waals surface area contributed by atoms with E-state index < -0.39 is 6.03 Å². The van der Waals surface area contributed by atoms with Crippen LogP contribution in [0.25, 0.3) is 5.57 Å². The lowest BCUT2D eigenvalue weighted by Gasteiger charge is -2.25. The maximum absolute atomic E-state index is 12.0. The number of aromatic hydroxyl groups is 1. The lowest BCUT2D eigenvalue weighted by molar-refractivity contribution is -0.121. The number of hydrogen-bond donors (Lipinski definition) is 3. The number of nitrogens with one attached hydrogen (secondary N) is 2. The van der Waals surface area contributed by atoms with Gasteiger partial charge >= 0.3 is 6.03 Å². The Balaban J connectivity index is 1.38. The van der Waals surface area contributed by atoms with E-state index in [1.165, 1.54) is 10.5 Å². The molecule has 1 aliphatic rings. The highest BCUT2D eigenvalue weighted by Gasteiger charge is 2.17. The molecule has 0 saturated carbocycles. The molecule has 3 N–H and O–H groups in total. The summed E-state index contributed by atoms with van der Waals surface area (Å²) in [5.41, 5.74) is 2.29. The molecule has 0 aliphatic carbocycles. The number of phenolic OH excluding ortho intramolecular Hbond substituents is 1. The molecule has 2 heterocycles. The molecular weight excluding hydrogens is 362 g/mol. The van der Waals surface area contributed by atoms with Crippen molar-refractivity contribution in [3.05, 3.63) is 58.3 Å². The largest absolute Gasteiger partial charge is 0.508 e. The van der Waals surface area contributed by atoms with Gasteiger partial charge in [0.2, 0.25) is 5.91 Å². The van der Waals surface area contributed by atoms with Crippen LogP contribution in [0.1, 0.15) is 16.9 Å². The van der Waals surface area contributed by atoms with Crippen molar-refractivity contribution in [3.8, 4) is 5.75 Å². The molecule has 0 spiro atoms. The number of thiophene rings is 1. The molecule has 1 aromatic carbocycles. The zero-order valence-corrected chi connectivity index (χ0v) is 15.8. The van der Waals surface area contributed by atoms with E-state index in [9.17, 15) is 14.7 Å². The Labute approximate surface area is 162 Å². The van der Waals surface area contributed by atoms with E-state index in [1.807, 2.05) is 34.5 Å². The smallest absolute Gasteiger partial charge is 0.321 e. The SMILES string of the molecule is O=C(CN1CC=C(c2ccc(O)cc2)CC1)NC(=O)NCCc1cccs1. The topological polar surface area (TPSA) is 81.7 Å². The molecule has 0 saturated heterocycles. The van der Waals surface area contributed by atoms with Crippen LogP contribution < -0.4 is 10.6 Å². The molecule has 7 heteroatoms. The van der Waals surface area contributed by atoms with Gasteiger partial charge in [0.15, 0.2) is 0 Å². The lowest BCUT2D eigenvalue weighted by atomic mass is 9.99. The van der Waals surface area contributed by atoms with E-state index in [1.54, 1.807) is 23.5 Å². The molecule has 3 rings (SSSR count). The minimum Gasteiger partial charge on any atom is -0.508 e. The third kappa shape index (κ3) is 5.94. The minimum absolute atomic E-state index is 0.192. The highest BCUT2D eigenvalue weighted by atomic mass is 32.1. The van der Waals surface area contributed by atoms with E-state index in [4.69, 9.17) is 0 Å². The van der Waals surface area contributed by atoms with Crippen LogP contribution in [0.2, 0.25) is 0 Å². The second-order valence-corrected chi connectivity index (χ2v) is 7.43. The second-order valence-electron chi connectivity index (χ2n) is 6.39. The maximum atomic E-state index is 12.0. The van der Waals surface area contributed by atoms with Crippen LogP contribution in [-0.2, 0) is 11.2 Å². The summed E-state index contributed by atoms with van der Waals surface area (Å²) in [5.74, 6) is -0.0489. The highest BCUT2D eigenvalue weighted by Crippen LogP contribution is 2.23. The predicted molar refractivity (Wildman–Crippen MR) is 107 cm³/mol. The summed E-state index contributed by atoms with van der Waals surface area (Å²) in [6, 6.07) is 10.7. The first-order valence-corrected chi connectivity index (χ1v) is 9.79. The number of carbonyl (C=O) groups is 2. The normalized spacial score (nSPS) is 14.4. The average molecular weight is 385 g/mol. The van der Waals surface area contributed by atoms with Gasteiger partial charge in [0.25, 0.3) is 0 Å². The Morgan fingerprint density at radius 1 is 1.19 bits per heavy atom. The Hall–Kier alpha value is -2.64. The number of rotatable bonds is 6. The first-order valence-electron chi connectivity index (χ1n) is 8.91. The third-order valence-corrected chi connectivity index (χ3v) is 5.32. The summed E-state index contributed by atoms with van der Waals surface area (Å²) in [4.78, 5) is 27.0. The molecular formula is C20H23N3O3S. The van der Waals surface area contributed by atoms with Gasteiger partial charge in [-0.3, -0.25) is 15.0 Å². The fourth-order valence-corrected chi connectivity index (χ4v) is 3.67. The highest BCUT2D eigenvalue weighted by molar-refractivity contribution is 7.09. The number of benzene rings is 1. The molecule has 2 aromatic rings.